The molecule has 22 heavy (non-hydrogen) atoms. The minimum Gasteiger partial charge on any atom is -0.497 e. The summed E-state index contributed by atoms with van der Waals surface area (Å²) in [5.41, 5.74) is 0.698. The summed E-state index contributed by atoms with van der Waals surface area (Å²) in [5, 5.41) is 3.57. The van der Waals surface area contributed by atoms with E-state index in [1.165, 1.54) is 26.4 Å². The third-order valence-electron chi connectivity index (χ3n) is 2.91. The topological polar surface area (TPSA) is 47.6 Å². The van der Waals surface area contributed by atoms with Gasteiger partial charge < -0.3 is 14.8 Å². The molecule has 0 unspecified atom stereocenters. The highest BCUT2D eigenvalue weighted by molar-refractivity contribution is 6.44. The molecule has 1 N–H and O–H groups in total. The Morgan fingerprint density at radius 3 is 2.27 bits per heavy atom. The molecular formula is C15H12Cl3NO3. The highest BCUT2D eigenvalue weighted by Crippen LogP contribution is 2.33. The molecule has 0 saturated carbocycles. The molecule has 0 spiro atoms. The minimum atomic E-state index is -0.389. The largest absolute Gasteiger partial charge is 0.497 e. The lowest BCUT2D eigenvalue weighted by Gasteiger charge is -2.12. The molecule has 1 amide bonds. The second-order valence-electron chi connectivity index (χ2n) is 4.27. The van der Waals surface area contributed by atoms with E-state index in [0.29, 0.717) is 32.8 Å². The molecule has 0 aromatic heterocycles. The summed E-state index contributed by atoms with van der Waals surface area (Å²) in [4.78, 5) is 12.4. The number of benzene rings is 2. The van der Waals surface area contributed by atoms with Crippen molar-refractivity contribution in [1.82, 2.24) is 0 Å². The minimum absolute atomic E-state index is 0.287. The number of hydrogen-bond donors (Lipinski definition) is 1. The maximum atomic E-state index is 12.4. The van der Waals surface area contributed by atoms with Crippen molar-refractivity contribution in [2.75, 3.05) is 19.5 Å². The average molecular weight is 361 g/mol. The van der Waals surface area contributed by atoms with Crippen LogP contribution in [-0.4, -0.2) is 20.1 Å². The monoisotopic (exact) mass is 359 g/mol. The number of halogens is 3. The summed E-state index contributed by atoms with van der Waals surface area (Å²) in [6.45, 7) is 0. The van der Waals surface area contributed by atoms with Crippen LogP contribution in [0.4, 0.5) is 5.69 Å². The van der Waals surface area contributed by atoms with Crippen LogP contribution in [0, 0.1) is 0 Å². The average Bonchev–Trinajstić information content (AvgIpc) is 2.51. The maximum Gasteiger partial charge on any atom is 0.259 e. The molecule has 116 valence electrons. The summed E-state index contributed by atoms with van der Waals surface area (Å²) in [6, 6.07) is 7.82. The molecule has 0 atom stereocenters. The van der Waals surface area contributed by atoms with E-state index >= 15 is 0 Å². The fourth-order valence-electron chi connectivity index (χ4n) is 1.79. The van der Waals surface area contributed by atoms with Crippen molar-refractivity contribution in [3.05, 3.63) is 51.0 Å². The van der Waals surface area contributed by atoms with E-state index < -0.39 is 0 Å². The van der Waals surface area contributed by atoms with Crippen molar-refractivity contribution in [1.29, 1.82) is 0 Å². The number of carbonyl (C=O) groups excluding carboxylic acids is 1. The van der Waals surface area contributed by atoms with E-state index in [1.54, 1.807) is 18.2 Å². The smallest absolute Gasteiger partial charge is 0.259 e. The first-order valence-electron chi connectivity index (χ1n) is 6.14. The van der Waals surface area contributed by atoms with Gasteiger partial charge in [-0.05, 0) is 24.3 Å². The van der Waals surface area contributed by atoms with Crippen LogP contribution in [0.25, 0.3) is 0 Å². The summed E-state index contributed by atoms with van der Waals surface area (Å²) in [7, 11) is 3.00. The molecule has 0 aliphatic heterocycles. The zero-order valence-electron chi connectivity index (χ0n) is 11.7. The molecule has 0 heterocycles. The van der Waals surface area contributed by atoms with E-state index in [2.05, 4.69) is 5.32 Å². The van der Waals surface area contributed by atoms with Gasteiger partial charge >= 0.3 is 0 Å². The number of ether oxygens (including phenoxy) is 2. The molecular weight excluding hydrogens is 349 g/mol. The van der Waals surface area contributed by atoms with Crippen LogP contribution in [0.2, 0.25) is 15.1 Å². The van der Waals surface area contributed by atoms with Crippen molar-refractivity contribution in [2.45, 2.75) is 0 Å². The molecule has 0 radical (unpaired) electrons. The predicted octanol–water partition coefficient (Wildman–Crippen LogP) is 4.92. The molecule has 0 saturated heterocycles. The highest BCUT2D eigenvalue weighted by Gasteiger charge is 2.15. The number of nitrogens with one attached hydrogen (secondary N) is 1. The third kappa shape index (κ3) is 3.58. The lowest BCUT2D eigenvalue weighted by molar-refractivity contribution is 0.102. The van der Waals surface area contributed by atoms with Gasteiger partial charge in [0.2, 0.25) is 0 Å². The maximum absolute atomic E-state index is 12.4. The van der Waals surface area contributed by atoms with E-state index in [0.717, 1.165) is 0 Å². The SMILES string of the molecule is COc1ccc(C(=O)Nc2cc(Cl)c(Cl)cc2Cl)c(OC)c1. The Labute approximate surface area is 142 Å². The van der Waals surface area contributed by atoms with Gasteiger partial charge in [-0.1, -0.05) is 34.8 Å². The van der Waals surface area contributed by atoms with Crippen LogP contribution < -0.4 is 14.8 Å². The molecule has 2 rings (SSSR count). The molecule has 0 fully saturated rings. The molecule has 0 aliphatic carbocycles. The van der Waals surface area contributed by atoms with E-state index in [1.807, 2.05) is 0 Å². The van der Waals surface area contributed by atoms with Gasteiger partial charge in [0, 0.05) is 6.07 Å². The highest BCUT2D eigenvalue weighted by atomic mass is 35.5. The van der Waals surface area contributed by atoms with Gasteiger partial charge in [0.1, 0.15) is 11.5 Å². The number of methoxy groups -OCH3 is 2. The second-order valence-corrected chi connectivity index (χ2v) is 5.49. The van der Waals surface area contributed by atoms with Crippen molar-refractivity contribution < 1.29 is 14.3 Å². The van der Waals surface area contributed by atoms with Gasteiger partial charge in [-0.25, -0.2) is 0 Å². The van der Waals surface area contributed by atoms with Crippen molar-refractivity contribution in [3.63, 3.8) is 0 Å². The Bertz CT molecular complexity index is 719. The molecule has 7 heteroatoms. The lowest BCUT2D eigenvalue weighted by atomic mass is 10.1. The van der Waals surface area contributed by atoms with Crippen molar-refractivity contribution in [2.24, 2.45) is 0 Å². The molecule has 0 bridgehead atoms. The van der Waals surface area contributed by atoms with Crippen molar-refractivity contribution in [3.8, 4) is 11.5 Å². The summed E-state index contributed by atoms with van der Waals surface area (Å²) in [6.07, 6.45) is 0. The van der Waals surface area contributed by atoms with Crippen LogP contribution in [0.3, 0.4) is 0 Å². The molecule has 2 aromatic carbocycles. The predicted molar refractivity (Wildman–Crippen MR) is 89.0 cm³/mol. The first-order chi connectivity index (χ1) is 10.5. The summed E-state index contributed by atoms with van der Waals surface area (Å²) in [5.74, 6) is 0.578. The fourth-order valence-corrected chi connectivity index (χ4v) is 2.39. The zero-order chi connectivity index (χ0) is 16.3. The number of anilines is 1. The van der Waals surface area contributed by atoms with E-state index in [9.17, 15) is 4.79 Å². The van der Waals surface area contributed by atoms with Crippen LogP contribution >= 0.6 is 34.8 Å². The first kappa shape index (κ1) is 16.7. The molecule has 0 aliphatic rings. The number of amides is 1. The van der Waals surface area contributed by atoms with Gasteiger partial charge in [-0.2, -0.15) is 0 Å². The zero-order valence-corrected chi connectivity index (χ0v) is 14.0. The number of hydrogen-bond acceptors (Lipinski definition) is 3. The van der Waals surface area contributed by atoms with E-state index in [-0.39, 0.29) is 10.9 Å². The fraction of sp³-hybridized carbons (Fsp3) is 0.133. The van der Waals surface area contributed by atoms with Gasteiger partial charge in [0.25, 0.3) is 5.91 Å². The van der Waals surface area contributed by atoms with Crippen LogP contribution in [-0.2, 0) is 0 Å². The standard InChI is InChI=1S/C15H12Cl3NO3/c1-21-8-3-4-9(14(5-8)22-2)15(20)19-13-7-11(17)10(16)6-12(13)18/h3-7H,1-2H3,(H,19,20). The normalized spacial score (nSPS) is 10.2. The Balaban J connectivity index is 2.32. The third-order valence-corrected chi connectivity index (χ3v) is 3.95. The molecule has 4 nitrogen and oxygen atoms in total. The van der Waals surface area contributed by atoms with Gasteiger partial charge in [-0.15, -0.1) is 0 Å². The van der Waals surface area contributed by atoms with E-state index in [4.69, 9.17) is 44.3 Å². The number of carbonyl (C=O) groups is 1. The Morgan fingerprint density at radius 1 is 0.955 bits per heavy atom. The Kier molecular flexibility index (Phi) is 5.40. The quantitative estimate of drug-likeness (QED) is 0.788. The Morgan fingerprint density at radius 2 is 1.64 bits per heavy atom. The Hall–Kier alpha value is -1.62. The summed E-state index contributed by atoms with van der Waals surface area (Å²) >= 11 is 17.8. The van der Waals surface area contributed by atoms with Gasteiger partial charge in [-0.3, -0.25) is 4.79 Å². The van der Waals surface area contributed by atoms with Crippen molar-refractivity contribution >= 4 is 46.4 Å². The summed E-state index contributed by atoms with van der Waals surface area (Å²) < 4.78 is 10.3. The lowest BCUT2D eigenvalue weighted by Crippen LogP contribution is -2.13. The van der Waals surface area contributed by atoms with Crippen LogP contribution in [0.1, 0.15) is 10.4 Å². The van der Waals surface area contributed by atoms with Gasteiger partial charge in [0.15, 0.2) is 0 Å². The van der Waals surface area contributed by atoms with Gasteiger partial charge in [0.05, 0.1) is 40.5 Å². The van der Waals surface area contributed by atoms with Crippen LogP contribution in [0.5, 0.6) is 11.5 Å². The first-order valence-corrected chi connectivity index (χ1v) is 7.27. The van der Waals surface area contributed by atoms with Crippen LogP contribution in [0.15, 0.2) is 30.3 Å². The number of rotatable bonds is 4. The second kappa shape index (κ2) is 7.09. The molecule has 2 aromatic rings.